The van der Waals surface area contributed by atoms with Gasteiger partial charge in [-0.15, -0.1) is 0 Å². The van der Waals surface area contributed by atoms with Gasteiger partial charge in [0.2, 0.25) is 0 Å². The van der Waals surface area contributed by atoms with Gasteiger partial charge in [-0.1, -0.05) is 36.8 Å². The Morgan fingerprint density at radius 1 is 1.30 bits per heavy atom. The second-order valence-corrected chi connectivity index (χ2v) is 1.89. The standard InChI is InChI=1S/C9H8O/c1-2-10-8-9-6-4-3-5-7-9/h1,3-7H,8H2. The molecule has 1 nitrogen and oxygen atoms in total. The van der Waals surface area contributed by atoms with Crippen molar-refractivity contribution in [3.63, 3.8) is 0 Å². The molecule has 1 aromatic carbocycles. The second-order valence-electron chi connectivity index (χ2n) is 1.89. The van der Waals surface area contributed by atoms with Crippen LogP contribution in [0.1, 0.15) is 5.56 Å². The van der Waals surface area contributed by atoms with Crippen LogP contribution in [0.15, 0.2) is 30.3 Å². The number of ether oxygens (including phenoxy) is 1. The molecule has 1 rings (SSSR count). The fourth-order valence-electron chi connectivity index (χ4n) is 0.699. The summed E-state index contributed by atoms with van der Waals surface area (Å²) in [5.74, 6) is 0. The van der Waals surface area contributed by atoms with E-state index in [1.807, 2.05) is 30.3 Å². The van der Waals surface area contributed by atoms with Crippen molar-refractivity contribution in [2.24, 2.45) is 0 Å². The zero-order valence-electron chi connectivity index (χ0n) is 5.58. The molecule has 0 saturated carbocycles. The van der Waals surface area contributed by atoms with Crippen molar-refractivity contribution in [1.29, 1.82) is 0 Å². The maximum atomic E-state index is 4.90. The average Bonchev–Trinajstić information content (AvgIpc) is 2.03. The van der Waals surface area contributed by atoms with Crippen molar-refractivity contribution in [1.82, 2.24) is 0 Å². The molecule has 0 aromatic heterocycles. The summed E-state index contributed by atoms with van der Waals surface area (Å²) < 4.78 is 4.75. The Balaban J connectivity index is 2.52. The lowest BCUT2D eigenvalue weighted by atomic mass is 10.2. The number of benzene rings is 1. The maximum Gasteiger partial charge on any atom is 0.125 e. The molecule has 0 aliphatic rings. The summed E-state index contributed by atoms with van der Waals surface area (Å²) in [6.45, 7) is 0.497. The molecule has 0 aliphatic carbocycles. The summed E-state index contributed by atoms with van der Waals surface area (Å²) in [4.78, 5) is 0. The van der Waals surface area contributed by atoms with Crippen LogP contribution in [0, 0.1) is 12.5 Å². The number of hydrogen-bond donors (Lipinski definition) is 0. The number of terminal acetylenes is 1. The van der Waals surface area contributed by atoms with Crippen molar-refractivity contribution in [3.05, 3.63) is 35.9 Å². The summed E-state index contributed by atoms with van der Waals surface area (Å²) in [6.07, 6.45) is 7.02. The Hall–Kier alpha value is -1.42. The minimum Gasteiger partial charge on any atom is -0.442 e. The molecule has 0 fully saturated rings. The molecule has 0 bridgehead atoms. The van der Waals surface area contributed by atoms with Crippen LogP contribution in [0.2, 0.25) is 0 Å². The Bertz CT molecular complexity index is 220. The molecule has 0 unspecified atom stereocenters. The zero-order valence-corrected chi connectivity index (χ0v) is 5.58. The SMILES string of the molecule is C#COCc1ccccc1. The molecular weight excluding hydrogens is 124 g/mol. The van der Waals surface area contributed by atoms with Crippen LogP contribution in [-0.2, 0) is 11.3 Å². The van der Waals surface area contributed by atoms with Gasteiger partial charge < -0.3 is 4.74 Å². The molecule has 0 heterocycles. The van der Waals surface area contributed by atoms with E-state index in [9.17, 15) is 0 Å². The Kier molecular flexibility index (Phi) is 2.39. The largest absolute Gasteiger partial charge is 0.442 e. The smallest absolute Gasteiger partial charge is 0.125 e. The topological polar surface area (TPSA) is 9.23 Å². The molecule has 0 atom stereocenters. The van der Waals surface area contributed by atoms with Crippen LogP contribution in [0.5, 0.6) is 0 Å². The molecule has 0 aliphatic heterocycles. The normalized spacial score (nSPS) is 8.30. The van der Waals surface area contributed by atoms with Crippen molar-refractivity contribution in [2.45, 2.75) is 6.61 Å². The first-order chi connectivity index (χ1) is 4.93. The van der Waals surface area contributed by atoms with E-state index in [0.717, 1.165) is 5.56 Å². The van der Waals surface area contributed by atoms with Gasteiger partial charge in [-0.2, -0.15) is 0 Å². The van der Waals surface area contributed by atoms with Gasteiger partial charge in [0, 0.05) is 0 Å². The molecular formula is C9H8O. The van der Waals surface area contributed by atoms with E-state index < -0.39 is 0 Å². The molecule has 0 saturated heterocycles. The highest BCUT2D eigenvalue weighted by atomic mass is 16.5. The molecule has 0 spiro atoms. The maximum absolute atomic E-state index is 4.90. The van der Waals surface area contributed by atoms with Gasteiger partial charge in [-0.05, 0) is 5.56 Å². The molecule has 0 radical (unpaired) electrons. The Morgan fingerprint density at radius 2 is 2.00 bits per heavy atom. The van der Waals surface area contributed by atoms with E-state index in [0.29, 0.717) is 6.61 Å². The van der Waals surface area contributed by atoms with E-state index >= 15 is 0 Å². The van der Waals surface area contributed by atoms with Crippen LogP contribution >= 0.6 is 0 Å². The quantitative estimate of drug-likeness (QED) is 0.557. The Labute approximate surface area is 60.6 Å². The molecule has 10 heavy (non-hydrogen) atoms. The van der Waals surface area contributed by atoms with Gasteiger partial charge in [0.05, 0.1) is 0 Å². The fourth-order valence-corrected chi connectivity index (χ4v) is 0.699. The van der Waals surface area contributed by atoms with Gasteiger partial charge in [0.15, 0.2) is 0 Å². The highest BCUT2D eigenvalue weighted by Gasteiger charge is 1.86. The third kappa shape index (κ3) is 1.83. The average molecular weight is 132 g/mol. The monoisotopic (exact) mass is 132 g/mol. The van der Waals surface area contributed by atoms with Crippen molar-refractivity contribution in [2.75, 3.05) is 0 Å². The molecule has 1 heteroatoms. The summed E-state index contributed by atoms with van der Waals surface area (Å²) >= 11 is 0. The first kappa shape index (κ1) is 6.70. The van der Waals surface area contributed by atoms with Gasteiger partial charge in [0.1, 0.15) is 12.7 Å². The van der Waals surface area contributed by atoms with Crippen molar-refractivity contribution >= 4 is 0 Å². The van der Waals surface area contributed by atoms with Crippen LogP contribution in [0.25, 0.3) is 0 Å². The van der Waals surface area contributed by atoms with Crippen LogP contribution in [-0.4, -0.2) is 0 Å². The third-order valence-electron chi connectivity index (χ3n) is 1.16. The predicted octanol–water partition coefficient (Wildman–Crippen LogP) is 1.79. The van der Waals surface area contributed by atoms with E-state index in [-0.39, 0.29) is 0 Å². The summed E-state index contributed by atoms with van der Waals surface area (Å²) in [6, 6.07) is 9.80. The third-order valence-corrected chi connectivity index (χ3v) is 1.16. The number of hydrogen-bond acceptors (Lipinski definition) is 1. The van der Waals surface area contributed by atoms with Crippen molar-refractivity contribution in [3.8, 4) is 12.5 Å². The molecule has 0 N–H and O–H groups in total. The van der Waals surface area contributed by atoms with Crippen LogP contribution in [0.4, 0.5) is 0 Å². The predicted molar refractivity (Wildman–Crippen MR) is 40.1 cm³/mol. The lowest BCUT2D eigenvalue weighted by Crippen LogP contribution is -1.84. The lowest BCUT2D eigenvalue weighted by molar-refractivity contribution is 0.265. The van der Waals surface area contributed by atoms with Crippen LogP contribution < -0.4 is 0 Å². The highest BCUT2D eigenvalue weighted by Crippen LogP contribution is 1.98. The molecule has 50 valence electrons. The van der Waals surface area contributed by atoms with E-state index in [2.05, 4.69) is 6.11 Å². The molecule has 1 aromatic rings. The van der Waals surface area contributed by atoms with Crippen LogP contribution in [0.3, 0.4) is 0 Å². The zero-order chi connectivity index (χ0) is 7.23. The van der Waals surface area contributed by atoms with Gasteiger partial charge in [0.25, 0.3) is 0 Å². The molecule has 0 amide bonds. The highest BCUT2D eigenvalue weighted by molar-refractivity contribution is 5.13. The minimum atomic E-state index is 0.497. The van der Waals surface area contributed by atoms with Gasteiger partial charge in [-0.3, -0.25) is 0 Å². The van der Waals surface area contributed by atoms with Crippen molar-refractivity contribution < 1.29 is 4.74 Å². The minimum absolute atomic E-state index is 0.497. The van der Waals surface area contributed by atoms with E-state index in [4.69, 9.17) is 11.2 Å². The Morgan fingerprint density at radius 3 is 2.60 bits per heavy atom. The lowest BCUT2D eigenvalue weighted by Gasteiger charge is -1.95. The van der Waals surface area contributed by atoms with E-state index in [1.54, 1.807) is 0 Å². The first-order valence-corrected chi connectivity index (χ1v) is 3.05. The summed E-state index contributed by atoms with van der Waals surface area (Å²) in [5, 5.41) is 0. The fraction of sp³-hybridized carbons (Fsp3) is 0.111. The second kappa shape index (κ2) is 3.58. The number of rotatable bonds is 2. The van der Waals surface area contributed by atoms with Gasteiger partial charge in [-0.25, -0.2) is 0 Å². The van der Waals surface area contributed by atoms with Gasteiger partial charge >= 0.3 is 0 Å². The summed E-state index contributed by atoms with van der Waals surface area (Å²) in [5.41, 5.74) is 1.10. The summed E-state index contributed by atoms with van der Waals surface area (Å²) in [7, 11) is 0. The first-order valence-electron chi connectivity index (χ1n) is 3.05. The van der Waals surface area contributed by atoms with E-state index in [1.165, 1.54) is 0 Å².